The van der Waals surface area contributed by atoms with Crippen molar-refractivity contribution in [2.45, 2.75) is 19.8 Å². The van der Waals surface area contributed by atoms with Crippen molar-refractivity contribution in [1.29, 1.82) is 0 Å². The molecule has 3 nitrogen and oxygen atoms in total. The fourth-order valence-corrected chi connectivity index (χ4v) is 0.321. The van der Waals surface area contributed by atoms with E-state index in [1.165, 1.54) is 26.6 Å². The predicted molar refractivity (Wildman–Crippen MR) is 39.8 cm³/mol. The van der Waals surface area contributed by atoms with Gasteiger partial charge >= 0.3 is 5.97 Å². The Bertz CT molecular complexity index is 79.6. The summed E-state index contributed by atoms with van der Waals surface area (Å²) in [5.41, 5.74) is 0. The number of ether oxygens (including phenoxy) is 1. The van der Waals surface area contributed by atoms with Crippen LogP contribution < -0.4 is 5.32 Å². The Kier molecular flexibility index (Phi) is 6.18. The topological polar surface area (TPSA) is 38.3 Å². The average Bonchev–Trinajstić information content (AvgIpc) is 1.83. The minimum atomic E-state index is -0.157. The molecule has 0 aliphatic carbocycles. The van der Waals surface area contributed by atoms with Crippen LogP contribution in [0.15, 0.2) is 0 Å². The minimum absolute atomic E-state index is 0.157. The standard InChI is InChI=1S/C4H8O2.C3H7N/c1-3-4(5)6-2;1-2-4-3-1/h3H2,1-2H3;4H,1-3H2. The Labute approximate surface area is 61.8 Å². The molecule has 1 N–H and O–H groups in total. The summed E-state index contributed by atoms with van der Waals surface area (Å²) in [7, 11) is 1.38. The number of nitrogens with one attached hydrogen (secondary N) is 1. The van der Waals surface area contributed by atoms with Crippen LogP contribution in [0, 0.1) is 0 Å². The number of methoxy groups -OCH3 is 1. The van der Waals surface area contributed by atoms with Crippen molar-refractivity contribution in [2.24, 2.45) is 0 Å². The summed E-state index contributed by atoms with van der Waals surface area (Å²) in [6.45, 7) is 4.26. The van der Waals surface area contributed by atoms with E-state index in [4.69, 9.17) is 0 Å². The molecular weight excluding hydrogens is 130 g/mol. The lowest BCUT2D eigenvalue weighted by Crippen LogP contribution is -2.29. The largest absolute Gasteiger partial charge is 0.469 e. The summed E-state index contributed by atoms with van der Waals surface area (Å²) in [5.74, 6) is -0.157. The molecule has 0 amide bonds. The van der Waals surface area contributed by atoms with Gasteiger partial charge in [-0.3, -0.25) is 4.79 Å². The molecule has 0 spiro atoms. The normalized spacial score (nSPS) is 14.2. The first-order chi connectivity index (χ1) is 4.81. The highest BCUT2D eigenvalue weighted by atomic mass is 16.5. The van der Waals surface area contributed by atoms with E-state index in [1.54, 1.807) is 6.92 Å². The first-order valence-corrected chi connectivity index (χ1v) is 3.58. The minimum Gasteiger partial charge on any atom is -0.469 e. The van der Waals surface area contributed by atoms with Crippen LogP contribution >= 0.6 is 0 Å². The van der Waals surface area contributed by atoms with Gasteiger partial charge in [0, 0.05) is 6.42 Å². The maximum Gasteiger partial charge on any atom is 0.305 e. The third kappa shape index (κ3) is 5.56. The fraction of sp³-hybridized carbons (Fsp3) is 0.857. The van der Waals surface area contributed by atoms with E-state index in [0.29, 0.717) is 6.42 Å². The Balaban J connectivity index is 0.000000172. The molecule has 0 radical (unpaired) electrons. The Morgan fingerprint density at radius 2 is 2.00 bits per heavy atom. The fourth-order valence-electron chi connectivity index (χ4n) is 0.321. The van der Waals surface area contributed by atoms with Crippen LogP contribution in [0.1, 0.15) is 19.8 Å². The third-order valence-corrected chi connectivity index (χ3v) is 1.22. The van der Waals surface area contributed by atoms with E-state index >= 15 is 0 Å². The number of hydrogen-bond acceptors (Lipinski definition) is 3. The quantitative estimate of drug-likeness (QED) is 0.547. The van der Waals surface area contributed by atoms with Crippen LogP contribution in [0.2, 0.25) is 0 Å². The number of carbonyl (C=O) groups is 1. The molecule has 1 aliphatic rings. The Hall–Kier alpha value is -0.570. The lowest BCUT2D eigenvalue weighted by atomic mass is 10.3. The summed E-state index contributed by atoms with van der Waals surface area (Å²) in [6, 6.07) is 0. The highest BCUT2D eigenvalue weighted by molar-refractivity contribution is 5.68. The van der Waals surface area contributed by atoms with Gasteiger partial charge in [-0.25, -0.2) is 0 Å². The summed E-state index contributed by atoms with van der Waals surface area (Å²) < 4.78 is 4.26. The predicted octanol–water partition coefficient (Wildman–Crippen LogP) is 0.549. The number of rotatable bonds is 1. The van der Waals surface area contributed by atoms with Gasteiger partial charge in [0.1, 0.15) is 0 Å². The molecule has 1 saturated heterocycles. The van der Waals surface area contributed by atoms with Crippen molar-refractivity contribution < 1.29 is 9.53 Å². The van der Waals surface area contributed by atoms with Gasteiger partial charge in [0.05, 0.1) is 7.11 Å². The average molecular weight is 145 g/mol. The highest BCUT2D eigenvalue weighted by Gasteiger charge is 1.92. The maximum atomic E-state index is 9.96. The molecule has 0 aromatic carbocycles. The molecule has 1 heterocycles. The molecule has 60 valence electrons. The Morgan fingerprint density at radius 3 is 2.00 bits per heavy atom. The maximum absolute atomic E-state index is 9.96. The monoisotopic (exact) mass is 145 g/mol. The molecule has 0 aromatic rings. The van der Waals surface area contributed by atoms with Gasteiger partial charge in [0.15, 0.2) is 0 Å². The Morgan fingerprint density at radius 1 is 1.60 bits per heavy atom. The van der Waals surface area contributed by atoms with Crippen molar-refractivity contribution in [2.75, 3.05) is 20.2 Å². The van der Waals surface area contributed by atoms with E-state index in [0.717, 1.165) is 0 Å². The lowest BCUT2D eigenvalue weighted by molar-refractivity contribution is -0.140. The van der Waals surface area contributed by atoms with Gasteiger partial charge in [0.25, 0.3) is 0 Å². The van der Waals surface area contributed by atoms with E-state index in [2.05, 4.69) is 10.1 Å². The molecule has 0 aromatic heterocycles. The second-order valence-corrected chi connectivity index (χ2v) is 2.03. The number of hydrogen-bond donors (Lipinski definition) is 1. The van der Waals surface area contributed by atoms with Crippen molar-refractivity contribution in [3.8, 4) is 0 Å². The van der Waals surface area contributed by atoms with Crippen LogP contribution in [0.4, 0.5) is 0 Å². The second-order valence-electron chi connectivity index (χ2n) is 2.03. The molecule has 0 saturated carbocycles. The highest BCUT2D eigenvalue weighted by Crippen LogP contribution is 1.80. The number of esters is 1. The lowest BCUT2D eigenvalue weighted by Gasteiger charge is -2.09. The third-order valence-electron chi connectivity index (χ3n) is 1.22. The van der Waals surface area contributed by atoms with Gasteiger partial charge in [-0.15, -0.1) is 0 Å². The van der Waals surface area contributed by atoms with Crippen molar-refractivity contribution in [1.82, 2.24) is 5.32 Å². The van der Waals surface area contributed by atoms with Gasteiger partial charge in [-0.05, 0) is 19.5 Å². The number of carbonyl (C=O) groups excluding carboxylic acids is 1. The van der Waals surface area contributed by atoms with E-state index in [-0.39, 0.29) is 5.97 Å². The van der Waals surface area contributed by atoms with Gasteiger partial charge in [0.2, 0.25) is 0 Å². The van der Waals surface area contributed by atoms with Crippen LogP contribution in [-0.2, 0) is 9.53 Å². The summed E-state index contributed by atoms with van der Waals surface area (Å²) >= 11 is 0. The van der Waals surface area contributed by atoms with Crippen LogP contribution in [0.25, 0.3) is 0 Å². The van der Waals surface area contributed by atoms with Crippen molar-refractivity contribution in [3.05, 3.63) is 0 Å². The first kappa shape index (κ1) is 9.43. The van der Waals surface area contributed by atoms with E-state index in [1.807, 2.05) is 0 Å². The van der Waals surface area contributed by atoms with Gasteiger partial charge in [-0.1, -0.05) is 6.92 Å². The zero-order valence-corrected chi connectivity index (χ0v) is 6.64. The van der Waals surface area contributed by atoms with Gasteiger partial charge in [-0.2, -0.15) is 0 Å². The van der Waals surface area contributed by atoms with Crippen LogP contribution in [0.3, 0.4) is 0 Å². The molecular formula is C7H15NO2. The van der Waals surface area contributed by atoms with Crippen LogP contribution in [-0.4, -0.2) is 26.2 Å². The van der Waals surface area contributed by atoms with E-state index < -0.39 is 0 Å². The second kappa shape index (κ2) is 6.55. The summed E-state index contributed by atoms with van der Waals surface area (Å²) in [6.07, 6.45) is 1.86. The molecule has 1 fully saturated rings. The van der Waals surface area contributed by atoms with Crippen LogP contribution in [0.5, 0.6) is 0 Å². The molecule has 10 heavy (non-hydrogen) atoms. The molecule has 0 atom stereocenters. The zero-order chi connectivity index (χ0) is 7.82. The van der Waals surface area contributed by atoms with Crippen molar-refractivity contribution in [3.63, 3.8) is 0 Å². The molecule has 1 aliphatic heterocycles. The zero-order valence-electron chi connectivity index (χ0n) is 6.64. The summed E-state index contributed by atoms with van der Waals surface area (Å²) in [4.78, 5) is 9.96. The molecule has 3 heteroatoms. The first-order valence-electron chi connectivity index (χ1n) is 3.58. The smallest absolute Gasteiger partial charge is 0.305 e. The molecule has 0 bridgehead atoms. The summed E-state index contributed by atoms with van der Waals surface area (Å²) in [5, 5.41) is 3.11. The van der Waals surface area contributed by atoms with Crippen molar-refractivity contribution >= 4 is 5.97 Å². The van der Waals surface area contributed by atoms with E-state index in [9.17, 15) is 4.79 Å². The molecule has 1 rings (SSSR count). The SMILES string of the molecule is C1CNC1.CCC(=O)OC. The van der Waals surface area contributed by atoms with Gasteiger partial charge < -0.3 is 10.1 Å². The molecule has 0 unspecified atom stereocenters.